The molecular weight excluding hydrogens is 393 g/mol. The van der Waals surface area contributed by atoms with Gasteiger partial charge in [0.25, 0.3) is 0 Å². The molecule has 0 spiro atoms. The van der Waals surface area contributed by atoms with E-state index in [1.807, 2.05) is 29.2 Å². The molecule has 0 radical (unpaired) electrons. The van der Waals surface area contributed by atoms with Crippen LogP contribution in [0.5, 0.6) is 0 Å². The first-order valence-corrected chi connectivity index (χ1v) is 11.2. The summed E-state index contributed by atoms with van der Waals surface area (Å²) in [5.41, 5.74) is 5.64. The molecule has 1 saturated carbocycles. The van der Waals surface area contributed by atoms with Gasteiger partial charge in [-0.25, -0.2) is 18.9 Å². The van der Waals surface area contributed by atoms with E-state index in [0.717, 1.165) is 61.7 Å². The highest BCUT2D eigenvalue weighted by atomic mass is 19.1. The minimum Gasteiger partial charge on any atom is -0.351 e. The molecule has 2 aliphatic rings. The number of anilines is 1. The molecule has 0 bridgehead atoms. The Bertz CT molecular complexity index is 1080. The lowest BCUT2D eigenvalue weighted by Crippen LogP contribution is -2.31. The molecule has 6 nitrogen and oxygen atoms in total. The second-order valence-corrected chi connectivity index (χ2v) is 8.48. The van der Waals surface area contributed by atoms with Gasteiger partial charge >= 0.3 is 0 Å². The highest BCUT2D eigenvalue weighted by molar-refractivity contribution is 5.82. The Morgan fingerprint density at radius 1 is 1.23 bits per heavy atom. The molecule has 7 heteroatoms. The Balaban J connectivity index is 1.33. The third kappa shape index (κ3) is 4.46. The van der Waals surface area contributed by atoms with Crippen LogP contribution < -0.4 is 5.32 Å². The number of aromatic nitrogens is 4. The standard InChI is InChI=1S/C24H28FN5O/c1-16(25)31-20-8-6-18(7-9-20)28-24-26-15-22-21(4-2-3-5-23(22)29-24)17-11-13-30-19(14-17)10-12-27-30/h4,10-16,18,20H,2-3,5-9H2,1H3,(H,26,28,29)/t16?,18-,20-. The summed E-state index contributed by atoms with van der Waals surface area (Å²) in [6.07, 6.45) is 13.5. The van der Waals surface area contributed by atoms with Crippen molar-refractivity contribution in [2.75, 3.05) is 5.32 Å². The number of rotatable bonds is 5. The number of hydrogen-bond acceptors (Lipinski definition) is 5. The van der Waals surface area contributed by atoms with Crippen LogP contribution in [0.4, 0.5) is 10.3 Å². The summed E-state index contributed by atoms with van der Waals surface area (Å²) in [5.74, 6) is 0.689. The fourth-order valence-electron chi connectivity index (χ4n) is 4.68. The highest BCUT2D eigenvalue weighted by Gasteiger charge is 2.24. The minimum absolute atomic E-state index is 0.0202. The molecule has 1 fully saturated rings. The molecule has 1 unspecified atom stereocenters. The van der Waals surface area contributed by atoms with E-state index in [9.17, 15) is 4.39 Å². The molecule has 0 amide bonds. The van der Waals surface area contributed by atoms with E-state index in [-0.39, 0.29) is 6.10 Å². The van der Waals surface area contributed by atoms with Crippen LogP contribution in [-0.2, 0) is 11.2 Å². The van der Waals surface area contributed by atoms with Crippen LogP contribution in [0.3, 0.4) is 0 Å². The zero-order valence-electron chi connectivity index (χ0n) is 17.8. The van der Waals surface area contributed by atoms with Gasteiger partial charge in [0.2, 0.25) is 5.95 Å². The van der Waals surface area contributed by atoms with Crippen LogP contribution in [0.25, 0.3) is 11.1 Å². The predicted molar refractivity (Wildman–Crippen MR) is 119 cm³/mol. The average Bonchev–Trinajstić information content (AvgIpc) is 3.13. The van der Waals surface area contributed by atoms with E-state index in [2.05, 4.69) is 33.6 Å². The summed E-state index contributed by atoms with van der Waals surface area (Å²) in [6, 6.07) is 6.59. The van der Waals surface area contributed by atoms with E-state index in [0.29, 0.717) is 12.0 Å². The number of fused-ring (bicyclic) bond motifs is 2. The van der Waals surface area contributed by atoms with Gasteiger partial charge in [-0.2, -0.15) is 5.10 Å². The fraction of sp³-hybridized carbons (Fsp3) is 0.458. The highest BCUT2D eigenvalue weighted by Crippen LogP contribution is 2.31. The molecule has 2 aliphatic carbocycles. The number of hydrogen-bond donors (Lipinski definition) is 1. The predicted octanol–water partition coefficient (Wildman–Crippen LogP) is 4.95. The average molecular weight is 422 g/mol. The largest absolute Gasteiger partial charge is 0.351 e. The Hall–Kier alpha value is -2.80. The maximum absolute atomic E-state index is 13.1. The van der Waals surface area contributed by atoms with Crippen LogP contribution >= 0.6 is 0 Å². The van der Waals surface area contributed by atoms with Crippen molar-refractivity contribution in [1.82, 2.24) is 19.6 Å². The molecule has 3 heterocycles. The number of ether oxygens (including phenoxy) is 1. The topological polar surface area (TPSA) is 64.3 Å². The molecule has 162 valence electrons. The fourth-order valence-corrected chi connectivity index (χ4v) is 4.68. The lowest BCUT2D eigenvalue weighted by Gasteiger charge is -2.29. The summed E-state index contributed by atoms with van der Waals surface area (Å²) in [6.45, 7) is 1.45. The van der Waals surface area contributed by atoms with Crippen LogP contribution in [-0.4, -0.2) is 38.1 Å². The summed E-state index contributed by atoms with van der Waals surface area (Å²) in [4.78, 5) is 9.54. The number of nitrogens with zero attached hydrogens (tertiary/aromatic N) is 4. The van der Waals surface area contributed by atoms with Crippen molar-refractivity contribution in [3.63, 3.8) is 0 Å². The van der Waals surface area contributed by atoms with E-state index in [1.165, 1.54) is 18.1 Å². The van der Waals surface area contributed by atoms with E-state index in [4.69, 9.17) is 9.72 Å². The van der Waals surface area contributed by atoms with Crippen molar-refractivity contribution in [3.8, 4) is 0 Å². The van der Waals surface area contributed by atoms with Gasteiger partial charge in [0.05, 0.1) is 17.3 Å². The number of nitrogens with one attached hydrogen (secondary N) is 1. The molecule has 0 aromatic carbocycles. The number of halogens is 1. The number of aryl methyl sites for hydroxylation is 1. The van der Waals surface area contributed by atoms with Gasteiger partial charge in [-0.3, -0.25) is 0 Å². The van der Waals surface area contributed by atoms with Gasteiger partial charge < -0.3 is 10.1 Å². The molecule has 3 aromatic rings. The normalized spacial score (nSPS) is 22.5. The quantitative estimate of drug-likeness (QED) is 0.632. The second kappa shape index (κ2) is 8.75. The SMILES string of the molecule is CC(F)O[C@H]1CC[C@H](Nc2ncc3c(n2)CCCC=C3c2ccn3nccc3c2)CC1. The van der Waals surface area contributed by atoms with E-state index < -0.39 is 6.36 Å². The van der Waals surface area contributed by atoms with Crippen molar-refractivity contribution in [2.24, 2.45) is 0 Å². The van der Waals surface area contributed by atoms with Crippen LogP contribution in [0.2, 0.25) is 0 Å². The Labute approximate surface area is 181 Å². The van der Waals surface area contributed by atoms with E-state index in [1.54, 1.807) is 0 Å². The maximum atomic E-state index is 13.1. The number of allylic oxidation sites excluding steroid dienone is 1. The van der Waals surface area contributed by atoms with Crippen LogP contribution in [0, 0.1) is 0 Å². The monoisotopic (exact) mass is 421 g/mol. The van der Waals surface area contributed by atoms with E-state index >= 15 is 0 Å². The first-order valence-electron chi connectivity index (χ1n) is 11.2. The summed E-state index contributed by atoms with van der Waals surface area (Å²) >= 11 is 0. The first kappa shape index (κ1) is 20.1. The van der Waals surface area contributed by atoms with Crippen LogP contribution in [0.15, 0.2) is 42.9 Å². The molecule has 5 rings (SSSR count). The second-order valence-electron chi connectivity index (χ2n) is 8.48. The Morgan fingerprint density at radius 2 is 2.10 bits per heavy atom. The van der Waals surface area contributed by atoms with Gasteiger partial charge in [0.15, 0.2) is 6.36 Å². The minimum atomic E-state index is -1.20. The lowest BCUT2D eigenvalue weighted by atomic mass is 9.93. The van der Waals surface area contributed by atoms with Crippen molar-refractivity contribution in [3.05, 3.63) is 59.7 Å². The lowest BCUT2D eigenvalue weighted by molar-refractivity contribution is -0.0862. The first-order chi connectivity index (χ1) is 15.2. The molecule has 0 saturated heterocycles. The number of alkyl halides is 1. The van der Waals surface area contributed by atoms with Gasteiger partial charge in [-0.15, -0.1) is 0 Å². The van der Waals surface area contributed by atoms with Gasteiger partial charge in [0, 0.05) is 30.2 Å². The number of pyridine rings is 1. The third-order valence-corrected chi connectivity index (χ3v) is 6.22. The zero-order valence-corrected chi connectivity index (χ0v) is 17.8. The third-order valence-electron chi connectivity index (χ3n) is 6.22. The summed E-state index contributed by atoms with van der Waals surface area (Å²) in [5, 5.41) is 7.79. The molecule has 1 atom stereocenters. The van der Waals surface area contributed by atoms with Crippen molar-refractivity contribution >= 4 is 17.0 Å². The van der Waals surface area contributed by atoms with Crippen LogP contribution in [0.1, 0.15) is 62.3 Å². The Kier molecular flexibility index (Phi) is 5.68. The zero-order chi connectivity index (χ0) is 21.2. The molecular formula is C24H28FN5O. The van der Waals surface area contributed by atoms with Gasteiger partial charge in [-0.05, 0) is 81.2 Å². The molecule has 3 aromatic heterocycles. The van der Waals surface area contributed by atoms with Crippen molar-refractivity contribution in [2.45, 2.75) is 70.4 Å². The summed E-state index contributed by atoms with van der Waals surface area (Å²) < 4.78 is 20.3. The van der Waals surface area contributed by atoms with Gasteiger partial charge in [0.1, 0.15) is 0 Å². The maximum Gasteiger partial charge on any atom is 0.223 e. The molecule has 1 N–H and O–H groups in total. The van der Waals surface area contributed by atoms with Gasteiger partial charge in [-0.1, -0.05) is 6.08 Å². The Morgan fingerprint density at radius 3 is 2.94 bits per heavy atom. The van der Waals surface area contributed by atoms with Crippen molar-refractivity contribution < 1.29 is 9.13 Å². The summed E-state index contributed by atoms with van der Waals surface area (Å²) in [7, 11) is 0. The molecule has 0 aliphatic heterocycles. The molecule has 31 heavy (non-hydrogen) atoms. The van der Waals surface area contributed by atoms with Crippen molar-refractivity contribution in [1.29, 1.82) is 0 Å². The smallest absolute Gasteiger partial charge is 0.223 e.